The lowest BCUT2D eigenvalue weighted by molar-refractivity contribution is 0.948. The van der Waals surface area contributed by atoms with Crippen LogP contribution >= 0.6 is 0 Å². The Labute approximate surface area is 225 Å². The maximum Gasteiger partial charge on any atom is 0.178 e. The van der Waals surface area contributed by atoms with Gasteiger partial charge in [-0.15, -0.1) is 0 Å². The molecule has 7 nitrogen and oxygen atoms in total. The predicted molar refractivity (Wildman–Crippen MR) is 156 cm³/mol. The van der Waals surface area contributed by atoms with E-state index in [1.807, 2.05) is 48.8 Å². The van der Waals surface area contributed by atoms with Crippen molar-refractivity contribution in [1.82, 2.24) is 35.1 Å². The first-order valence-corrected chi connectivity index (χ1v) is 12.8. The third-order valence-corrected chi connectivity index (χ3v) is 6.75. The molecule has 0 radical (unpaired) electrons. The summed E-state index contributed by atoms with van der Waals surface area (Å²) < 4.78 is 0. The van der Waals surface area contributed by atoms with Crippen molar-refractivity contribution >= 4 is 29.4 Å². The van der Waals surface area contributed by atoms with Gasteiger partial charge in [0.05, 0.1) is 16.6 Å². The van der Waals surface area contributed by atoms with Gasteiger partial charge in [0, 0.05) is 35.6 Å². The molecule has 0 aliphatic carbocycles. The number of aromatic nitrogens is 7. The van der Waals surface area contributed by atoms with Gasteiger partial charge in [0.25, 0.3) is 0 Å². The van der Waals surface area contributed by atoms with Crippen molar-refractivity contribution in [2.24, 2.45) is 0 Å². The summed E-state index contributed by atoms with van der Waals surface area (Å²) in [6.07, 6.45) is 13.3. The van der Waals surface area contributed by atoms with Gasteiger partial charge in [0.15, 0.2) is 11.5 Å². The van der Waals surface area contributed by atoms with E-state index in [-0.39, 0.29) is 0 Å². The third kappa shape index (κ3) is 5.15. The quantitative estimate of drug-likeness (QED) is 0.320. The van der Waals surface area contributed by atoms with E-state index in [0.717, 1.165) is 51.3 Å². The first kappa shape index (κ1) is 24.2. The highest BCUT2D eigenvalue weighted by Gasteiger charge is 2.14. The van der Waals surface area contributed by atoms with Crippen LogP contribution in [0.3, 0.4) is 0 Å². The molecule has 5 aromatic heterocycles. The number of benzene rings is 1. The van der Waals surface area contributed by atoms with Crippen molar-refractivity contribution in [3.8, 4) is 22.8 Å². The average Bonchev–Trinajstić information content (AvgIpc) is 3.59. The Hall–Kier alpha value is -5.17. The lowest BCUT2D eigenvalue weighted by Gasteiger charge is -2.05. The largest absolute Gasteiger partial charge is 0.335 e. The molecule has 1 aromatic carbocycles. The Morgan fingerprint density at radius 1 is 0.923 bits per heavy atom. The molecular formula is C32H27N7. The number of H-pyrrole nitrogens is 2. The fourth-order valence-corrected chi connectivity index (χ4v) is 4.55. The highest BCUT2D eigenvalue weighted by atomic mass is 15.1. The minimum absolute atomic E-state index is 0.608. The van der Waals surface area contributed by atoms with Gasteiger partial charge in [-0.05, 0) is 72.4 Å². The van der Waals surface area contributed by atoms with Crippen LogP contribution in [0.5, 0.6) is 0 Å². The number of rotatable bonds is 7. The lowest BCUT2D eigenvalue weighted by Crippen LogP contribution is -2.21. The molecule has 6 aromatic rings. The van der Waals surface area contributed by atoms with Crippen LogP contribution in [0.4, 0.5) is 0 Å². The number of fused-ring (bicyclic) bond motifs is 1. The maximum absolute atomic E-state index is 4.68. The fourth-order valence-electron chi connectivity index (χ4n) is 4.55. The lowest BCUT2D eigenvalue weighted by atomic mass is 10.0. The monoisotopic (exact) mass is 509 g/mol. The molecule has 0 saturated carbocycles. The number of nitrogens with one attached hydrogen (secondary N) is 2. The van der Waals surface area contributed by atoms with Gasteiger partial charge in [0.2, 0.25) is 0 Å². The Morgan fingerprint density at radius 2 is 1.77 bits per heavy atom. The molecule has 0 aliphatic heterocycles. The maximum atomic E-state index is 4.68. The summed E-state index contributed by atoms with van der Waals surface area (Å²) in [5, 5.41) is 9.18. The Morgan fingerprint density at radius 3 is 2.62 bits per heavy atom. The summed E-state index contributed by atoms with van der Waals surface area (Å²) in [6.45, 7) is 6.35. The highest BCUT2D eigenvalue weighted by Crippen LogP contribution is 2.25. The molecule has 7 heteroatoms. The van der Waals surface area contributed by atoms with Crippen LogP contribution in [0.25, 0.3) is 52.2 Å². The van der Waals surface area contributed by atoms with Crippen molar-refractivity contribution in [2.75, 3.05) is 0 Å². The summed E-state index contributed by atoms with van der Waals surface area (Å²) in [6, 6.07) is 20.5. The minimum Gasteiger partial charge on any atom is -0.335 e. The van der Waals surface area contributed by atoms with Crippen LogP contribution in [-0.2, 0) is 12.8 Å². The molecule has 0 aliphatic rings. The molecule has 2 N–H and O–H groups in total. The van der Waals surface area contributed by atoms with Crippen LogP contribution < -0.4 is 10.6 Å². The topological polar surface area (TPSA) is 96.0 Å². The number of hydrogen-bond acceptors (Lipinski definition) is 5. The van der Waals surface area contributed by atoms with Gasteiger partial charge in [-0.1, -0.05) is 49.1 Å². The summed E-state index contributed by atoms with van der Waals surface area (Å²) in [4.78, 5) is 21.4. The Balaban J connectivity index is 1.26. The molecule has 0 spiro atoms. The minimum atomic E-state index is 0.608. The number of pyridine rings is 3. The van der Waals surface area contributed by atoms with Crippen LogP contribution in [0.1, 0.15) is 23.6 Å². The molecular weight excluding hydrogens is 482 g/mol. The summed E-state index contributed by atoms with van der Waals surface area (Å²) in [5.41, 5.74) is 8.60. The van der Waals surface area contributed by atoms with Crippen molar-refractivity contribution in [2.45, 2.75) is 19.8 Å². The van der Waals surface area contributed by atoms with E-state index < -0.39 is 0 Å². The molecule has 0 unspecified atom stereocenters. The first-order valence-electron chi connectivity index (χ1n) is 12.8. The number of imidazole rings is 1. The number of aryl methyl sites for hydroxylation is 2. The van der Waals surface area contributed by atoms with Crippen molar-refractivity contribution in [1.29, 1.82) is 0 Å². The van der Waals surface area contributed by atoms with Gasteiger partial charge >= 0.3 is 0 Å². The van der Waals surface area contributed by atoms with Crippen LogP contribution in [0.2, 0.25) is 0 Å². The number of hydrogen-bond donors (Lipinski definition) is 2. The van der Waals surface area contributed by atoms with Crippen molar-refractivity contribution in [3.63, 3.8) is 0 Å². The second kappa shape index (κ2) is 10.7. The SMILES string of the molecule is C=c1c(-c2nc3nccc(-c4ccccn4)c3[nH]2)n[nH]/c1=C/C=C(\C)c1cncc(CCc2ccccc2)c1. The van der Waals surface area contributed by atoms with E-state index in [1.54, 1.807) is 12.4 Å². The zero-order chi connectivity index (χ0) is 26.6. The van der Waals surface area contributed by atoms with Gasteiger partial charge in [-0.25, -0.2) is 9.97 Å². The van der Waals surface area contributed by atoms with E-state index >= 15 is 0 Å². The Kier molecular flexibility index (Phi) is 6.62. The fraction of sp³-hybridized carbons (Fsp3) is 0.0938. The van der Waals surface area contributed by atoms with E-state index in [1.165, 1.54) is 11.1 Å². The number of aromatic amines is 2. The van der Waals surface area contributed by atoms with Gasteiger partial charge in [0.1, 0.15) is 5.69 Å². The van der Waals surface area contributed by atoms with Crippen LogP contribution in [0, 0.1) is 0 Å². The molecule has 5 heterocycles. The van der Waals surface area contributed by atoms with E-state index in [0.29, 0.717) is 17.2 Å². The highest BCUT2D eigenvalue weighted by molar-refractivity contribution is 5.90. The van der Waals surface area contributed by atoms with Gasteiger partial charge in [-0.2, -0.15) is 5.10 Å². The van der Waals surface area contributed by atoms with Crippen molar-refractivity contribution < 1.29 is 0 Å². The third-order valence-electron chi connectivity index (χ3n) is 6.75. The van der Waals surface area contributed by atoms with Crippen LogP contribution in [0.15, 0.2) is 91.5 Å². The summed E-state index contributed by atoms with van der Waals surface area (Å²) in [7, 11) is 0. The van der Waals surface area contributed by atoms with E-state index in [2.05, 4.69) is 85.0 Å². The average molecular weight is 510 g/mol. The molecule has 0 fully saturated rings. The first-order chi connectivity index (χ1) is 19.2. The standard InChI is InChI=1S/C32H27N7/c1-21(25-18-24(19-33-20-25)13-12-23-8-4-3-5-9-23)11-14-27-22(2)29(39-38-27)32-36-30-26(15-17-35-31(30)37-32)28-10-6-7-16-34-28/h3-11,14-20,38H,2,12-13H2,1H3,(H,35,36,37)/b21-11+,27-14+. The molecule has 6 rings (SSSR count). The summed E-state index contributed by atoms with van der Waals surface area (Å²) in [5.74, 6) is 0.609. The molecule has 0 amide bonds. The number of allylic oxidation sites excluding steroid dienone is 2. The normalized spacial score (nSPS) is 12.3. The molecule has 0 saturated heterocycles. The predicted octanol–water partition coefficient (Wildman–Crippen LogP) is 4.88. The zero-order valence-corrected chi connectivity index (χ0v) is 21.6. The smallest absolute Gasteiger partial charge is 0.178 e. The number of nitrogens with zero attached hydrogens (tertiary/aromatic N) is 5. The van der Waals surface area contributed by atoms with Crippen molar-refractivity contribution in [3.05, 3.63) is 119 Å². The van der Waals surface area contributed by atoms with E-state index in [9.17, 15) is 0 Å². The van der Waals surface area contributed by atoms with Crippen LogP contribution in [-0.4, -0.2) is 35.1 Å². The Bertz CT molecular complexity index is 1880. The second-order valence-corrected chi connectivity index (χ2v) is 9.41. The molecule has 0 atom stereocenters. The summed E-state index contributed by atoms with van der Waals surface area (Å²) >= 11 is 0. The zero-order valence-electron chi connectivity index (χ0n) is 21.6. The molecule has 0 bridgehead atoms. The van der Waals surface area contributed by atoms with Gasteiger partial charge < -0.3 is 4.98 Å². The molecule has 190 valence electrons. The van der Waals surface area contributed by atoms with E-state index in [4.69, 9.17) is 0 Å². The second-order valence-electron chi connectivity index (χ2n) is 9.41. The van der Waals surface area contributed by atoms with Gasteiger partial charge in [-0.3, -0.25) is 15.1 Å². The molecule has 39 heavy (non-hydrogen) atoms.